The molecule has 2 aromatic rings. The summed E-state index contributed by atoms with van der Waals surface area (Å²) in [5.41, 5.74) is 1.33. The zero-order valence-corrected chi connectivity index (χ0v) is 11.8. The Morgan fingerprint density at radius 3 is 2.65 bits per heavy atom. The fraction of sp³-hybridized carbons (Fsp3) is 0.133. The smallest absolute Gasteiger partial charge is 0.259 e. The maximum atomic E-state index is 13.7. The number of amides is 1. The van der Waals surface area contributed by atoms with Gasteiger partial charge in [0.25, 0.3) is 5.91 Å². The van der Waals surface area contributed by atoms with E-state index in [1.54, 1.807) is 12.1 Å². The molecule has 2 aromatic carbocycles. The second-order valence-corrected chi connectivity index (χ2v) is 4.72. The topological polar surface area (TPSA) is 38.3 Å². The highest BCUT2D eigenvalue weighted by Crippen LogP contribution is 2.23. The predicted molar refractivity (Wildman–Crippen MR) is 77.1 cm³/mol. The highest BCUT2D eigenvalue weighted by molar-refractivity contribution is 6.30. The van der Waals surface area contributed by atoms with Crippen molar-refractivity contribution >= 4 is 23.2 Å². The third kappa shape index (κ3) is 3.08. The van der Waals surface area contributed by atoms with Gasteiger partial charge in [-0.3, -0.25) is 4.79 Å². The zero-order valence-electron chi connectivity index (χ0n) is 11.0. The average molecular weight is 294 g/mol. The minimum Gasteiger partial charge on any atom is -0.496 e. The van der Waals surface area contributed by atoms with Gasteiger partial charge >= 0.3 is 0 Å². The quantitative estimate of drug-likeness (QED) is 0.927. The summed E-state index contributed by atoms with van der Waals surface area (Å²) in [4.78, 5) is 12.2. The van der Waals surface area contributed by atoms with Crippen LogP contribution >= 0.6 is 11.6 Å². The Morgan fingerprint density at radius 1 is 1.25 bits per heavy atom. The molecule has 0 saturated heterocycles. The van der Waals surface area contributed by atoms with Crippen LogP contribution in [0.4, 0.5) is 10.1 Å². The molecular weight excluding hydrogens is 281 g/mol. The molecule has 0 fully saturated rings. The summed E-state index contributed by atoms with van der Waals surface area (Å²) in [5.74, 6) is -0.591. The van der Waals surface area contributed by atoms with Gasteiger partial charge < -0.3 is 10.1 Å². The summed E-state index contributed by atoms with van der Waals surface area (Å²) in [7, 11) is 1.48. The van der Waals surface area contributed by atoms with Gasteiger partial charge in [-0.2, -0.15) is 0 Å². The van der Waals surface area contributed by atoms with Crippen LogP contribution in [0.1, 0.15) is 15.9 Å². The van der Waals surface area contributed by atoms with E-state index in [-0.39, 0.29) is 10.7 Å². The van der Waals surface area contributed by atoms with E-state index in [2.05, 4.69) is 5.32 Å². The molecule has 0 unspecified atom stereocenters. The van der Waals surface area contributed by atoms with E-state index in [9.17, 15) is 9.18 Å². The first-order valence-electron chi connectivity index (χ1n) is 5.92. The van der Waals surface area contributed by atoms with Gasteiger partial charge in [0.05, 0.1) is 18.4 Å². The number of carbonyl (C=O) groups excluding carboxylic acids is 1. The maximum absolute atomic E-state index is 13.7. The van der Waals surface area contributed by atoms with Gasteiger partial charge in [0, 0.05) is 5.02 Å². The highest BCUT2D eigenvalue weighted by Gasteiger charge is 2.14. The lowest BCUT2D eigenvalue weighted by Crippen LogP contribution is -2.14. The number of hydrogen-bond acceptors (Lipinski definition) is 2. The zero-order chi connectivity index (χ0) is 14.7. The minimum absolute atomic E-state index is 0.0722. The van der Waals surface area contributed by atoms with E-state index in [0.717, 1.165) is 11.6 Å². The molecule has 20 heavy (non-hydrogen) atoms. The van der Waals surface area contributed by atoms with Crippen molar-refractivity contribution in [1.82, 2.24) is 0 Å². The molecule has 0 spiro atoms. The summed E-state index contributed by atoms with van der Waals surface area (Å²) < 4.78 is 18.8. The minimum atomic E-state index is -0.586. The normalized spacial score (nSPS) is 10.2. The van der Waals surface area contributed by atoms with Crippen molar-refractivity contribution in [2.45, 2.75) is 6.92 Å². The lowest BCUT2D eigenvalue weighted by molar-refractivity contribution is 0.102. The SMILES string of the molecule is COc1ccc(C)cc1C(=O)Nc1ccc(Cl)cc1F. The highest BCUT2D eigenvalue weighted by atomic mass is 35.5. The number of carbonyl (C=O) groups is 1. The van der Waals surface area contributed by atoms with Gasteiger partial charge in [-0.15, -0.1) is 0 Å². The molecule has 0 saturated carbocycles. The number of nitrogens with one attached hydrogen (secondary N) is 1. The van der Waals surface area contributed by atoms with Crippen LogP contribution in [0.3, 0.4) is 0 Å². The molecule has 0 bridgehead atoms. The van der Waals surface area contributed by atoms with Gasteiger partial charge in [-0.1, -0.05) is 23.2 Å². The van der Waals surface area contributed by atoms with Crippen LogP contribution in [0.15, 0.2) is 36.4 Å². The van der Waals surface area contributed by atoms with Gasteiger partial charge in [-0.05, 0) is 37.3 Å². The number of aryl methyl sites for hydroxylation is 1. The third-order valence-electron chi connectivity index (χ3n) is 2.78. The van der Waals surface area contributed by atoms with Crippen LogP contribution in [0.5, 0.6) is 5.75 Å². The van der Waals surface area contributed by atoms with Crippen LogP contribution in [-0.4, -0.2) is 13.0 Å². The molecule has 0 aliphatic carbocycles. The standard InChI is InChI=1S/C15H13ClFNO2/c1-9-3-6-14(20-2)11(7-9)15(19)18-13-5-4-10(16)8-12(13)17/h3-8H,1-2H3,(H,18,19). The second-order valence-electron chi connectivity index (χ2n) is 4.28. The lowest BCUT2D eigenvalue weighted by Gasteiger charge is -2.10. The first-order chi connectivity index (χ1) is 9.51. The molecule has 5 heteroatoms. The number of hydrogen-bond donors (Lipinski definition) is 1. The third-order valence-corrected chi connectivity index (χ3v) is 3.01. The number of methoxy groups -OCH3 is 1. The van der Waals surface area contributed by atoms with Crippen molar-refractivity contribution in [3.8, 4) is 5.75 Å². The van der Waals surface area contributed by atoms with Gasteiger partial charge in [0.1, 0.15) is 11.6 Å². The van der Waals surface area contributed by atoms with E-state index in [0.29, 0.717) is 11.3 Å². The summed E-state index contributed by atoms with van der Waals surface area (Å²) in [5, 5.41) is 2.77. The van der Waals surface area contributed by atoms with E-state index >= 15 is 0 Å². The van der Waals surface area contributed by atoms with Crippen molar-refractivity contribution < 1.29 is 13.9 Å². The van der Waals surface area contributed by atoms with Crippen molar-refractivity contribution in [2.24, 2.45) is 0 Å². The van der Waals surface area contributed by atoms with Crippen LogP contribution in [0, 0.1) is 12.7 Å². The maximum Gasteiger partial charge on any atom is 0.259 e. The van der Waals surface area contributed by atoms with E-state index in [1.807, 2.05) is 13.0 Å². The van der Waals surface area contributed by atoms with Crippen molar-refractivity contribution in [3.63, 3.8) is 0 Å². The number of halogens is 2. The Bertz CT molecular complexity index is 658. The van der Waals surface area contributed by atoms with Gasteiger partial charge in [0.15, 0.2) is 0 Å². The molecule has 0 atom stereocenters. The fourth-order valence-corrected chi connectivity index (χ4v) is 1.94. The number of rotatable bonds is 3. The predicted octanol–water partition coefficient (Wildman–Crippen LogP) is 4.05. The molecule has 0 aliphatic rings. The van der Waals surface area contributed by atoms with Crippen molar-refractivity contribution in [2.75, 3.05) is 12.4 Å². The van der Waals surface area contributed by atoms with Crippen LogP contribution in [0.2, 0.25) is 5.02 Å². The van der Waals surface area contributed by atoms with Gasteiger partial charge in [0.2, 0.25) is 0 Å². The molecule has 2 rings (SSSR count). The van der Waals surface area contributed by atoms with Crippen LogP contribution < -0.4 is 10.1 Å². The molecule has 0 radical (unpaired) electrons. The summed E-state index contributed by atoms with van der Waals surface area (Å²) in [6, 6.07) is 9.28. The number of ether oxygens (including phenoxy) is 1. The average Bonchev–Trinajstić information content (AvgIpc) is 2.41. The molecule has 104 valence electrons. The van der Waals surface area contributed by atoms with Crippen molar-refractivity contribution in [1.29, 1.82) is 0 Å². The molecule has 3 nitrogen and oxygen atoms in total. The summed E-state index contributed by atoms with van der Waals surface area (Å²) in [6.45, 7) is 1.86. The Hall–Kier alpha value is -2.07. The van der Waals surface area contributed by atoms with Gasteiger partial charge in [-0.25, -0.2) is 4.39 Å². The first-order valence-corrected chi connectivity index (χ1v) is 6.30. The van der Waals surface area contributed by atoms with E-state index in [4.69, 9.17) is 16.3 Å². The Morgan fingerprint density at radius 2 is 2.00 bits per heavy atom. The molecule has 0 aliphatic heterocycles. The molecular formula is C15H13ClFNO2. The Balaban J connectivity index is 2.30. The Labute approximate surface area is 121 Å². The summed E-state index contributed by atoms with van der Waals surface area (Å²) >= 11 is 5.67. The first kappa shape index (κ1) is 14.3. The van der Waals surface area contributed by atoms with Crippen molar-refractivity contribution in [3.05, 3.63) is 58.4 Å². The molecule has 0 heterocycles. The Kier molecular flexibility index (Phi) is 4.25. The number of anilines is 1. The molecule has 1 amide bonds. The lowest BCUT2D eigenvalue weighted by atomic mass is 10.1. The molecule has 0 aromatic heterocycles. The van der Waals surface area contributed by atoms with Crippen LogP contribution in [0.25, 0.3) is 0 Å². The molecule has 1 N–H and O–H groups in total. The monoisotopic (exact) mass is 293 g/mol. The largest absolute Gasteiger partial charge is 0.496 e. The summed E-state index contributed by atoms with van der Waals surface area (Å²) in [6.07, 6.45) is 0. The second kappa shape index (κ2) is 5.92. The van der Waals surface area contributed by atoms with Crippen LogP contribution in [-0.2, 0) is 0 Å². The fourth-order valence-electron chi connectivity index (χ4n) is 1.78. The van der Waals surface area contributed by atoms with E-state index < -0.39 is 11.7 Å². The number of benzene rings is 2. The van der Waals surface area contributed by atoms with E-state index in [1.165, 1.54) is 19.2 Å².